The van der Waals surface area contributed by atoms with Crippen LogP contribution in [-0.2, 0) is 0 Å². The standard InChI is InChI=1S/C9H10BrNO2/c1-11-8-4-9(13-2)7(10)3-6(8)5-12/h3-5,11H,1-2H3. The highest BCUT2D eigenvalue weighted by Gasteiger charge is 2.06. The first-order valence-electron chi connectivity index (χ1n) is 3.73. The van der Waals surface area contributed by atoms with E-state index in [-0.39, 0.29) is 0 Å². The summed E-state index contributed by atoms with van der Waals surface area (Å²) in [5, 5.41) is 2.92. The van der Waals surface area contributed by atoms with Gasteiger partial charge in [-0.3, -0.25) is 4.79 Å². The second-order valence-electron chi connectivity index (χ2n) is 2.44. The predicted octanol–water partition coefficient (Wildman–Crippen LogP) is 2.31. The predicted molar refractivity (Wildman–Crippen MR) is 55.6 cm³/mol. The third-order valence-electron chi connectivity index (χ3n) is 1.72. The molecule has 0 amide bonds. The van der Waals surface area contributed by atoms with Crippen LogP contribution in [0.1, 0.15) is 10.4 Å². The fourth-order valence-electron chi connectivity index (χ4n) is 1.04. The molecule has 1 aromatic carbocycles. The van der Waals surface area contributed by atoms with Gasteiger partial charge in [0.05, 0.1) is 11.6 Å². The van der Waals surface area contributed by atoms with E-state index in [0.717, 1.165) is 16.4 Å². The molecule has 0 aromatic heterocycles. The first-order chi connectivity index (χ1) is 6.22. The van der Waals surface area contributed by atoms with Crippen molar-refractivity contribution < 1.29 is 9.53 Å². The summed E-state index contributed by atoms with van der Waals surface area (Å²) < 4.78 is 5.86. The average molecular weight is 244 g/mol. The number of anilines is 1. The van der Waals surface area contributed by atoms with Crippen LogP contribution in [0.15, 0.2) is 16.6 Å². The fraction of sp³-hybridized carbons (Fsp3) is 0.222. The van der Waals surface area contributed by atoms with Crippen molar-refractivity contribution >= 4 is 27.9 Å². The number of rotatable bonds is 3. The largest absolute Gasteiger partial charge is 0.495 e. The number of methoxy groups -OCH3 is 1. The van der Waals surface area contributed by atoms with Crippen LogP contribution in [0.25, 0.3) is 0 Å². The zero-order chi connectivity index (χ0) is 9.84. The Kier molecular flexibility index (Phi) is 3.31. The summed E-state index contributed by atoms with van der Waals surface area (Å²) in [6, 6.07) is 3.49. The molecule has 0 aliphatic carbocycles. The molecule has 0 bridgehead atoms. The molecule has 1 rings (SSSR count). The van der Waals surface area contributed by atoms with E-state index in [4.69, 9.17) is 4.74 Å². The molecule has 13 heavy (non-hydrogen) atoms. The maximum Gasteiger partial charge on any atom is 0.152 e. The SMILES string of the molecule is CNc1cc(OC)c(Br)cc1C=O. The van der Waals surface area contributed by atoms with Gasteiger partial charge in [-0.1, -0.05) is 0 Å². The third kappa shape index (κ3) is 2.01. The Bertz CT molecular complexity index is 326. The van der Waals surface area contributed by atoms with Gasteiger partial charge in [-0.15, -0.1) is 0 Å². The Hall–Kier alpha value is -1.03. The lowest BCUT2D eigenvalue weighted by molar-refractivity contribution is 0.112. The summed E-state index contributed by atoms with van der Waals surface area (Å²) in [4.78, 5) is 10.6. The monoisotopic (exact) mass is 243 g/mol. The number of benzene rings is 1. The van der Waals surface area contributed by atoms with E-state index in [1.54, 1.807) is 26.3 Å². The Morgan fingerprint density at radius 1 is 1.54 bits per heavy atom. The van der Waals surface area contributed by atoms with Crippen LogP contribution in [-0.4, -0.2) is 20.4 Å². The number of hydrogen-bond donors (Lipinski definition) is 1. The molecule has 0 heterocycles. The Morgan fingerprint density at radius 2 is 2.23 bits per heavy atom. The lowest BCUT2D eigenvalue weighted by Gasteiger charge is -2.08. The molecule has 0 radical (unpaired) electrons. The molecule has 1 aromatic rings. The molecule has 0 aliphatic rings. The van der Waals surface area contributed by atoms with E-state index in [1.807, 2.05) is 0 Å². The molecule has 0 atom stereocenters. The van der Waals surface area contributed by atoms with E-state index in [9.17, 15) is 4.79 Å². The summed E-state index contributed by atoms with van der Waals surface area (Å²) >= 11 is 3.30. The van der Waals surface area contributed by atoms with Crippen molar-refractivity contribution in [2.24, 2.45) is 0 Å². The molecule has 0 spiro atoms. The van der Waals surface area contributed by atoms with E-state index in [0.29, 0.717) is 11.3 Å². The molecule has 0 unspecified atom stereocenters. The van der Waals surface area contributed by atoms with Gasteiger partial charge in [0.1, 0.15) is 5.75 Å². The second-order valence-corrected chi connectivity index (χ2v) is 3.30. The molecule has 70 valence electrons. The molecular formula is C9H10BrNO2. The van der Waals surface area contributed by atoms with Crippen LogP contribution in [0.2, 0.25) is 0 Å². The van der Waals surface area contributed by atoms with Gasteiger partial charge in [0.25, 0.3) is 0 Å². The van der Waals surface area contributed by atoms with Crippen molar-refractivity contribution in [3.05, 3.63) is 22.2 Å². The van der Waals surface area contributed by atoms with E-state index in [2.05, 4.69) is 21.2 Å². The van der Waals surface area contributed by atoms with E-state index >= 15 is 0 Å². The average Bonchev–Trinajstić information content (AvgIpc) is 2.17. The number of ether oxygens (including phenoxy) is 1. The third-order valence-corrected chi connectivity index (χ3v) is 2.34. The van der Waals surface area contributed by atoms with E-state index < -0.39 is 0 Å². The minimum Gasteiger partial charge on any atom is -0.495 e. The van der Waals surface area contributed by atoms with Crippen LogP contribution < -0.4 is 10.1 Å². The first kappa shape index (κ1) is 10.1. The quantitative estimate of drug-likeness (QED) is 0.829. The van der Waals surface area contributed by atoms with Crippen LogP contribution in [0.3, 0.4) is 0 Å². The smallest absolute Gasteiger partial charge is 0.152 e. The molecule has 0 saturated carbocycles. The van der Waals surface area contributed by atoms with E-state index in [1.165, 1.54) is 0 Å². The number of nitrogens with one attached hydrogen (secondary N) is 1. The number of aldehydes is 1. The van der Waals surface area contributed by atoms with Gasteiger partial charge in [-0.2, -0.15) is 0 Å². The first-order valence-corrected chi connectivity index (χ1v) is 4.52. The van der Waals surface area contributed by atoms with Gasteiger partial charge < -0.3 is 10.1 Å². The van der Waals surface area contributed by atoms with Gasteiger partial charge in [-0.25, -0.2) is 0 Å². The van der Waals surface area contributed by atoms with Crippen LogP contribution in [0.4, 0.5) is 5.69 Å². The van der Waals surface area contributed by atoms with Crippen LogP contribution in [0.5, 0.6) is 5.75 Å². The topological polar surface area (TPSA) is 38.3 Å². The highest BCUT2D eigenvalue weighted by atomic mass is 79.9. The zero-order valence-electron chi connectivity index (χ0n) is 7.43. The Labute approximate surface area is 85.2 Å². The molecule has 0 fully saturated rings. The Balaban J connectivity index is 3.26. The van der Waals surface area contributed by atoms with Crippen molar-refractivity contribution in [2.75, 3.05) is 19.5 Å². The molecule has 0 aliphatic heterocycles. The van der Waals surface area contributed by atoms with Gasteiger partial charge in [0, 0.05) is 24.4 Å². The van der Waals surface area contributed by atoms with Crippen molar-refractivity contribution in [3.8, 4) is 5.75 Å². The van der Waals surface area contributed by atoms with Gasteiger partial charge in [0.2, 0.25) is 0 Å². The number of halogens is 1. The summed E-state index contributed by atoms with van der Waals surface area (Å²) in [5.74, 6) is 0.704. The summed E-state index contributed by atoms with van der Waals surface area (Å²) in [7, 11) is 3.34. The lowest BCUT2D eigenvalue weighted by atomic mass is 10.2. The minimum atomic E-state index is 0.607. The highest BCUT2D eigenvalue weighted by molar-refractivity contribution is 9.10. The van der Waals surface area contributed by atoms with Crippen molar-refractivity contribution in [3.63, 3.8) is 0 Å². The molecule has 3 nitrogen and oxygen atoms in total. The van der Waals surface area contributed by atoms with Crippen molar-refractivity contribution in [1.29, 1.82) is 0 Å². The molecular weight excluding hydrogens is 234 g/mol. The maximum absolute atomic E-state index is 10.6. The summed E-state index contributed by atoms with van der Waals surface area (Å²) in [6.07, 6.45) is 0.802. The van der Waals surface area contributed by atoms with Gasteiger partial charge >= 0.3 is 0 Å². The lowest BCUT2D eigenvalue weighted by Crippen LogP contribution is -1.96. The minimum absolute atomic E-state index is 0.607. The molecule has 0 saturated heterocycles. The van der Waals surface area contributed by atoms with Crippen LogP contribution in [0, 0.1) is 0 Å². The highest BCUT2D eigenvalue weighted by Crippen LogP contribution is 2.30. The molecule has 1 N–H and O–H groups in total. The number of carbonyl (C=O) groups is 1. The van der Waals surface area contributed by atoms with Crippen molar-refractivity contribution in [2.45, 2.75) is 0 Å². The summed E-state index contributed by atoms with van der Waals surface area (Å²) in [5.41, 5.74) is 1.37. The van der Waals surface area contributed by atoms with Crippen molar-refractivity contribution in [1.82, 2.24) is 0 Å². The van der Waals surface area contributed by atoms with Crippen LogP contribution >= 0.6 is 15.9 Å². The fourth-order valence-corrected chi connectivity index (χ4v) is 1.56. The maximum atomic E-state index is 10.6. The molecule has 4 heteroatoms. The summed E-state index contributed by atoms with van der Waals surface area (Å²) in [6.45, 7) is 0. The van der Waals surface area contributed by atoms with Gasteiger partial charge in [-0.05, 0) is 22.0 Å². The zero-order valence-corrected chi connectivity index (χ0v) is 9.01. The normalized spacial score (nSPS) is 9.46. The number of carbonyl (C=O) groups excluding carboxylic acids is 1. The number of hydrogen-bond acceptors (Lipinski definition) is 3. The second kappa shape index (κ2) is 4.28. The van der Waals surface area contributed by atoms with Gasteiger partial charge in [0.15, 0.2) is 6.29 Å². The Morgan fingerprint density at radius 3 is 2.69 bits per heavy atom.